The summed E-state index contributed by atoms with van der Waals surface area (Å²) in [5, 5.41) is 14.2. The third-order valence-electron chi connectivity index (χ3n) is 4.44. The monoisotopic (exact) mass is 425 g/mol. The van der Waals surface area contributed by atoms with Crippen LogP contribution in [0, 0.1) is 0 Å². The van der Waals surface area contributed by atoms with Crippen molar-refractivity contribution in [2.24, 2.45) is 0 Å². The van der Waals surface area contributed by atoms with Gasteiger partial charge in [0.05, 0.1) is 13.2 Å². The van der Waals surface area contributed by atoms with Crippen LogP contribution in [0.25, 0.3) is 0 Å². The maximum atomic E-state index is 13.0. The van der Waals surface area contributed by atoms with Crippen molar-refractivity contribution in [2.75, 3.05) is 18.5 Å². The first-order valence-corrected chi connectivity index (χ1v) is 10.1. The van der Waals surface area contributed by atoms with E-state index >= 15 is 0 Å². The van der Waals surface area contributed by atoms with Gasteiger partial charge < -0.3 is 19.9 Å². The molecule has 30 heavy (non-hydrogen) atoms. The number of hydrogen-bond donors (Lipinski definition) is 2. The number of ether oxygens (including phenoxy) is 2. The lowest BCUT2D eigenvalue weighted by atomic mass is 9.99. The van der Waals surface area contributed by atoms with Crippen molar-refractivity contribution in [3.8, 4) is 11.5 Å². The van der Waals surface area contributed by atoms with Crippen molar-refractivity contribution in [3.05, 3.63) is 88.4 Å². The zero-order valence-electron chi connectivity index (χ0n) is 16.9. The van der Waals surface area contributed by atoms with Gasteiger partial charge in [-0.1, -0.05) is 41.9 Å². The minimum Gasteiger partial charge on any atom is -0.494 e. The van der Waals surface area contributed by atoms with Gasteiger partial charge in [-0.25, -0.2) is 0 Å². The highest BCUT2D eigenvalue weighted by Gasteiger charge is 2.18. The Morgan fingerprint density at radius 2 is 1.60 bits per heavy atom. The third-order valence-corrected chi connectivity index (χ3v) is 4.67. The number of carbonyl (C=O) groups excluding carboxylic acids is 1. The van der Waals surface area contributed by atoms with Gasteiger partial charge >= 0.3 is 0 Å². The van der Waals surface area contributed by atoms with Crippen LogP contribution in [0.2, 0.25) is 5.02 Å². The molecule has 1 amide bonds. The molecule has 0 radical (unpaired) electrons. The van der Waals surface area contributed by atoms with E-state index in [4.69, 9.17) is 21.1 Å². The van der Waals surface area contributed by atoms with E-state index in [-0.39, 0.29) is 5.91 Å². The third kappa shape index (κ3) is 5.32. The maximum Gasteiger partial charge on any atom is 0.255 e. The Labute approximate surface area is 181 Å². The molecule has 0 heterocycles. The lowest BCUT2D eigenvalue weighted by Crippen LogP contribution is -2.15. The van der Waals surface area contributed by atoms with Crippen LogP contribution in [0.4, 0.5) is 5.69 Å². The fraction of sp³-hybridized carbons (Fsp3) is 0.208. The number of carbonyl (C=O) groups is 1. The molecule has 3 aromatic rings. The molecule has 0 aliphatic carbocycles. The minimum atomic E-state index is -0.936. The van der Waals surface area contributed by atoms with Crippen LogP contribution in [0.5, 0.6) is 11.5 Å². The van der Waals surface area contributed by atoms with E-state index < -0.39 is 6.10 Å². The van der Waals surface area contributed by atoms with Gasteiger partial charge in [-0.2, -0.15) is 0 Å². The normalized spacial score (nSPS) is 11.6. The summed E-state index contributed by atoms with van der Waals surface area (Å²) < 4.78 is 11.1. The number of anilines is 1. The Kier molecular flexibility index (Phi) is 7.33. The van der Waals surface area contributed by atoms with Gasteiger partial charge in [-0.3, -0.25) is 4.79 Å². The van der Waals surface area contributed by atoms with Gasteiger partial charge in [0.2, 0.25) is 0 Å². The highest BCUT2D eigenvalue weighted by molar-refractivity contribution is 6.30. The fourth-order valence-corrected chi connectivity index (χ4v) is 3.27. The average Bonchev–Trinajstić information content (AvgIpc) is 2.75. The summed E-state index contributed by atoms with van der Waals surface area (Å²) in [6.45, 7) is 4.69. The number of aliphatic hydroxyl groups is 1. The van der Waals surface area contributed by atoms with Crippen molar-refractivity contribution < 1.29 is 19.4 Å². The van der Waals surface area contributed by atoms with Gasteiger partial charge in [0, 0.05) is 27.9 Å². The molecule has 0 saturated heterocycles. The lowest BCUT2D eigenvalue weighted by Gasteiger charge is -2.18. The number of nitrogens with one attached hydrogen (secondary N) is 1. The van der Waals surface area contributed by atoms with Crippen molar-refractivity contribution >= 4 is 23.2 Å². The Morgan fingerprint density at radius 3 is 2.20 bits per heavy atom. The first-order chi connectivity index (χ1) is 14.5. The van der Waals surface area contributed by atoms with Gasteiger partial charge in [0.1, 0.15) is 17.6 Å². The zero-order valence-corrected chi connectivity index (χ0v) is 17.6. The average molecular weight is 426 g/mol. The van der Waals surface area contributed by atoms with Crippen LogP contribution in [-0.2, 0) is 0 Å². The number of amides is 1. The standard InChI is InChI=1S/C24H24ClNO4/c1-3-29-19-12-17(13-20(15-19)30-4-2)24(28)26-22-11-10-18(25)14-21(22)23(27)16-8-6-5-7-9-16/h5-15,23,27H,3-4H2,1-2H3,(H,26,28). The highest BCUT2D eigenvalue weighted by atomic mass is 35.5. The van der Waals surface area contributed by atoms with Gasteiger partial charge in [-0.15, -0.1) is 0 Å². The Morgan fingerprint density at radius 1 is 0.967 bits per heavy atom. The molecule has 5 nitrogen and oxygen atoms in total. The predicted octanol–water partition coefficient (Wildman–Crippen LogP) is 5.47. The zero-order chi connectivity index (χ0) is 21.5. The smallest absolute Gasteiger partial charge is 0.255 e. The van der Waals surface area contributed by atoms with Crippen LogP contribution in [-0.4, -0.2) is 24.2 Å². The van der Waals surface area contributed by atoms with E-state index in [0.717, 1.165) is 0 Å². The molecule has 1 atom stereocenters. The summed E-state index contributed by atoms with van der Waals surface area (Å²) >= 11 is 6.16. The molecular formula is C24H24ClNO4. The largest absolute Gasteiger partial charge is 0.494 e. The van der Waals surface area contributed by atoms with Crippen molar-refractivity contribution in [1.82, 2.24) is 0 Å². The first-order valence-electron chi connectivity index (χ1n) is 9.76. The molecule has 2 N–H and O–H groups in total. The molecule has 1 unspecified atom stereocenters. The van der Waals surface area contributed by atoms with E-state index in [9.17, 15) is 9.90 Å². The maximum absolute atomic E-state index is 13.0. The summed E-state index contributed by atoms with van der Waals surface area (Å²) in [6.07, 6.45) is -0.936. The summed E-state index contributed by atoms with van der Waals surface area (Å²) in [6, 6.07) is 19.2. The van der Waals surface area contributed by atoms with E-state index in [1.54, 1.807) is 36.4 Å². The number of benzene rings is 3. The summed E-state index contributed by atoms with van der Waals surface area (Å²) in [5.74, 6) is 0.754. The van der Waals surface area contributed by atoms with E-state index in [1.807, 2.05) is 44.2 Å². The molecule has 0 fully saturated rings. The van der Waals surface area contributed by atoms with Crippen LogP contribution in [0.15, 0.2) is 66.7 Å². The fourth-order valence-electron chi connectivity index (χ4n) is 3.09. The Balaban J connectivity index is 1.92. The summed E-state index contributed by atoms with van der Waals surface area (Å²) in [4.78, 5) is 13.0. The predicted molar refractivity (Wildman–Crippen MR) is 119 cm³/mol. The molecular weight excluding hydrogens is 402 g/mol. The molecule has 156 valence electrons. The topological polar surface area (TPSA) is 67.8 Å². The van der Waals surface area contributed by atoms with Crippen molar-refractivity contribution in [1.29, 1.82) is 0 Å². The minimum absolute atomic E-state index is 0.346. The highest BCUT2D eigenvalue weighted by Crippen LogP contribution is 2.32. The van der Waals surface area contributed by atoms with Gasteiger partial charge in [0.25, 0.3) is 5.91 Å². The molecule has 6 heteroatoms. The second-order valence-electron chi connectivity index (χ2n) is 6.56. The van der Waals surface area contributed by atoms with Crippen LogP contribution < -0.4 is 14.8 Å². The summed E-state index contributed by atoms with van der Waals surface area (Å²) in [5.41, 5.74) is 2.07. The van der Waals surface area contributed by atoms with Gasteiger partial charge in [0.15, 0.2) is 0 Å². The molecule has 0 bridgehead atoms. The molecule has 0 aromatic heterocycles. The second kappa shape index (κ2) is 10.1. The van der Waals surface area contributed by atoms with Crippen LogP contribution in [0.3, 0.4) is 0 Å². The SMILES string of the molecule is CCOc1cc(OCC)cc(C(=O)Nc2ccc(Cl)cc2C(O)c2ccccc2)c1. The number of hydrogen-bond acceptors (Lipinski definition) is 4. The molecule has 0 aliphatic rings. The van der Waals surface area contributed by atoms with E-state index in [0.29, 0.717) is 52.1 Å². The quantitative estimate of drug-likeness (QED) is 0.502. The molecule has 0 aliphatic heterocycles. The number of aliphatic hydroxyl groups excluding tert-OH is 1. The van der Waals surface area contributed by atoms with Crippen LogP contribution >= 0.6 is 11.6 Å². The molecule has 3 rings (SSSR count). The number of rotatable bonds is 8. The van der Waals surface area contributed by atoms with Crippen LogP contribution in [0.1, 0.15) is 41.4 Å². The van der Waals surface area contributed by atoms with E-state index in [1.165, 1.54) is 0 Å². The Bertz CT molecular complexity index is 983. The number of halogens is 1. The lowest BCUT2D eigenvalue weighted by molar-refractivity contribution is 0.102. The van der Waals surface area contributed by atoms with E-state index in [2.05, 4.69) is 5.32 Å². The Hall–Kier alpha value is -3.02. The molecule has 0 spiro atoms. The summed E-state index contributed by atoms with van der Waals surface area (Å²) in [7, 11) is 0. The van der Waals surface area contributed by atoms with Crippen molar-refractivity contribution in [3.63, 3.8) is 0 Å². The second-order valence-corrected chi connectivity index (χ2v) is 6.99. The molecule has 3 aromatic carbocycles. The van der Waals surface area contributed by atoms with Crippen molar-refractivity contribution in [2.45, 2.75) is 20.0 Å². The first kappa shape index (κ1) is 21.7. The van der Waals surface area contributed by atoms with Gasteiger partial charge in [-0.05, 0) is 49.7 Å². The molecule has 0 saturated carbocycles.